The first-order valence-corrected chi connectivity index (χ1v) is 13.9. The number of ether oxygens (including phenoxy) is 6. The molecule has 0 radical (unpaired) electrons. The second kappa shape index (κ2) is 13.0. The van der Waals surface area contributed by atoms with Gasteiger partial charge in [0.05, 0.1) is 37.4 Å². The molecule has 0 saturated carbocycles. The number of fused-ring (bicyclic) bond motifs is 2. The van der Waals surface area contributed by atoms with Gasteiger partial charge < -0.3 is 28.4 Å². The van der Waals surface area contributed by atoms with E-state index in [0.717, 1.165) is 11.1 Å². The molecule has 0 amide bonds. The summed E-state index contributed by atoms with van der Waals surface area (Å²) in [7, 11) is 0. The maximum atomic E-state index is 12.9. The Balaban J connectivity index is 1.43. The minimum Gasteiger partial charge on any atom is -0.465 e. The highest BCUT2D eigenvalue weighted by Crippen LogP contribution is 2.41. The van der Waals surface area contributed by atoms with Crippen molar-refractivity contribution in [3.63, 3.8) is 0 Å². The summed E-state index contributed by atoms with van der Waals surface area (Å²) in [6.07, 6.45) is 0. The van der Waals surface area contributed by atoms with Gasteiger partial charge in [-0.2, -0.15) is 10.5 Å². The number of esters is 2. The predicted molar refractivity (Wildman–Crippen MR) is 145 cm³/mol. The van der Waals surface area contributed by atoms with Gasteiger partial charge in [-0.3, -0.25) is 19.4 Å². The highest BCUT2D eigenvalue weighted by atomic mass is 16.7. The number of benzene rings is 2. The third-order valence-corrected chi connectivity index (χ3v) is 7.60. The van der Waals surface area contributed by atoms with E-state index in [2.05, 4.69) is 21.9 Å². The van der Waals surface area contributed by atoms with Crippen LogP contribution in [0.1, 0.15) is 37.1 Å². The average molecular weight is 577 g/mol. The van der Waals surface area contributed by atoms with Gasteiger partial charge in [0.15, 0.2) is 34.8 Å². The van der Waals surface area contributed by atoms with Crippen LogP contribution in [-0.4, -0.2) is 74.7 Å². The number of nitrogens with zero attached hydrogens (tertiary/aromatic N) is 4. The Morgan fingerprint density at radius 3 is 1.45 bits per heavy atom. The van der Waals surface area contributed by atoms with Crippen molar-refractivity contribution in [1.82, 2.24) is 9.80 Å². The number of carbonyl (C=O) groups excluding carboxylic acids is 2. The van der Waals surface area contributed by atoms with Crippen LogP contribution in [0.2, 0.25) is 0 Å². The summed E-state index contributed by atoms with van der Waals surface area (Å²) >= 11 is 0. The normalized spacial score (nSPS) is 18.7. The van der Waals surface area contributed by atoms with Crippen molar-refractivity contribution >= 4 is 11.9 Å². The standard InChI is InChI=1S/C30H32N4O8/c1-3-37-29(35)21(15-31)27(19-5-7-23-25(13-19)41-17-39-23)33-9-11-34(12-10-33)28(22(16-32)30(36)38-4-2)20-6-8-24-26(14-20)42-18-40-24/h5-8,13-14,21-22,27-28H,3-4,9-12,17-18H2,1-2H3/t21-,22-,27+,28+/m1/s1. The largest absolute Gasteiger partial charge is 0.465 e. The van der Waals surface area contributed by atoms with Gasteiger partial charge in [-0.05, 0) is 49.2 Å². The first-order valence-electron chi connectivity index (χ1n) is 13.9. The van der Waals surface area contributed by atoms with Gasteiger partial charge in [-0.1, -0.05) is 12.1 Å². The highest BCUT2D eigenvalue weighted by molar-refractivity contribution is 5.77. The van der Waals surface area contributed by atoms with Gasteiger partial charge in [-0.25, -0.2) is 0 Å². The fourth-order valence-corrected chi connectivity index (χ4v) is 5.68. The maximum Gasteiger partial charge on any atom is 0.325 e. The number of piperazine rings is 1. The van der Waals surface area contributed by atoms with E-state index >= 15 is 0 Å². The average Bonchev–Trinajstić information content (AvgIpc) is 3.67. The smallest absolute Gasteiger partial charge is 0.325 e. The number of hydrogen-bond donors (Lipinski definition) is 0. The van der Waals surface area contributed by atoms with E-state index in [1.807, 2.05) is 12.1 Å². The summed E-state index contributed by atoms with van der Waals surface area (Å²) in [4.78, 5) is 30.0. The number of hydrogen-bond acceptors (Lipinski definition) is 12. The topological polar surface area (TPSA) is 144 Å². The molecule has 0 N–H and O–H groups in total. The molecule has 12 heteroatoms. The van der Waals surface area contributed by atoms with E-state index < -0.39 is 35.9 Å². The molecule has 4 atom stereocenters. The SMILES string of the molecule is CCOC(=O)[C@H](C#N)[C@H](c1ccc2c(c1)OCO2)N1CCN([C@@H](c2ccc3c(c2)OCO3)[C@@H](C#N)C(=O)OCC)CC1. The summed E-state index contributed by atoms with van der Waals surface area (Å²) < 4.78 is 32.6. The lowest BCUT2D eigenvalue weighted by atomic mass is 9.89. The van der Waals surface area contributed by atoms with Gasteiger partial charge >= 0.3 is 11.9 Å². The predicted octanol–water partition coefficient (Wildman–Crippen LogP) is 2.95. The van der Waals surface area contributed by atoms with Crippen LogP contribution in [0.4, 0.5) is 0 Å². The number of carbonyl (C=O) groups is 2. The van der Waals surface area contributed by atoms with Crippen molar-refractivity contribution < 1.29 is 38.0 Å². The summed E-state index contributed by atoms with van der Waals surface area (Å²) in [6.45, 7) is 5.68. The molecule has 0 aliphatic carbocycles. The van der Waals surface area contributed by atoms with Crippen molar-refractivity contribution in [2.45, 2.75) is 25.9 Å². The molecule has 220 valence electrons. The number of nitriles is 2. The minimum absolute atomic E-state index is 0.101. The summed E-state index contributed by atoms with van der Waals surface area (Å²) in [6, 6.07) is 13.9. The van der Waals surface area contributed by atoms with Crippen molar-refractivity contribution in [1.29, 1.82) is 10.5 Å². The van der Waals surface area contributed by atoms with Gasteiger partial charge in [0.2, 0.25) is 13.6 Å². The first kappa shape index (κ1) is 29.0. The molecule has 42 heavy (non-hydrogen) atoms. The monoisotopic (exact) mass is 576 g/mol. The van der Waals surface area contributed by atoms with Crippen LogP contribution >= 0.6 is 0 Å². The lowest BCUT2D eigenvalue weighted by Crippen LogP contribution is -2.52. The van der Waals surface area contributed by atoms with Gasteiger partial charge in [0.25, 0.3) is 0 Å². The molecule has 2 aromatic carbocycles. The van der Waals surface area contributed by atoms with Crippen LogP contribution in [0.15, 0.2) is 36.4 Å². The van der Waals surface area contributed by atoms with Crippen LogP contribution < -0.4 is 18.9 Å². The molecule has 3 aliphatic rings. The van der Waals surface area contributed by atoms with E-state index in [4.69, 9.17) is 28.4 Å². The van der Waals surface area contributed by atoms with E-state index in [1.165, 1.54) is 0 Å². The van der Waals surface area contributed by atoms with Gasteiger partial charge in [0.1, 0.15) is 0 Å². The van der Waals surface area contributed by atoms with Crippen LogP contribution in [0.25, 0.3) is 0 Å². The Morgan fingerprint density at radius 1 is 0.714 bits per heavy atom. The third kappa shape index (κ3) is 5.77. The summed E-state index contributed by atoms with van der Waals surface area (Å²) in [5.41, 5.74) is 1.45. The van der Waals surface area contributed by atoms with Crippen molar-refractivity contribution in [3.05, 3.63) is 47.5 Å². The summed E-state index contributed by atoms with van der Waals surface area (Å²) in [5, 5.41) is 20.2. The quantitative estimate of drug-likeness (QED) is 0.384. The molecular formula is C30H32N4O8. The first-order chi connectivity index (χ1) is 20.5. The zero-order chi connectivity index (χ0) is 29.6. The van der Waals surface area contributed by atoms with E-state index in [9.17, 15) is 20.1 Å². The molecule has 3 aliphatic heterocycles. The van der Waals surface area contributed by atoms with E-state index in [1.54, 1.807) is 38.1 Å². The molecule has 0 aromatic heterocycles. The lowest BCUT2D eigenvalue weighted by molar-refractivity contribution is -0.150. The molecule has 0 spiro atoms. The Bertz CT molecular complexity index is 1290. The molecule has 0 unspecified atom stereocenters. The van der Waals surface area contributed by atoms with Crippen molar-refractivity contribution in [3.8, 4) is 35.1 Å². The zero-order valence-electron chi connectivity index (χ0n) is 23.5. The Morgan fingerprint density at radius 2 is 1.10 bits per heavy atom. The maximum absolute atomic E-state index is 12.9. The Labute approximate surface area is 243 Å². The second-order valence-corrected chi connectivity index (χ2v) is 9.90. The minimum atomic E-state index is -1.09. The molecule has 3 heterocycles. The molecule has 5 rings (SSSR count). The molecular weight excluding hydrogens is 544 g/mol. The van der Waals surface area contributed by atoms with Crippen LogP contribution in [-0.2, 0) is 19.1 Å². The Kier molecular flexibility index (Phi) is 8.96. The molecule has 2 aromatic rings. The molecule has 12 nitrogen and oxygen atoms in total. The summed E-state index contributed by atoms with van der Waals surface area (Å²) in [5.74, 6) is -1.09. The van der Waals surface area contributed by atoms with Crippen LogP contribution in [0.5, 0.6) is 23.0 Å². The fourth-order valence-electron chi connectivity index (χ4n) is 5.68. The van der Waals surface area contributed by atoms with E-state index in [-0.39, 0.29) is 26.8 Å². The van der Waals surface area contributed by atoms with Crippen molar-refractivity contribution in [2.24, 2.45) is 11.8 Å². The molecule has 1 fully saturated rings. The van der Waals surface area contributed by atoms with Gasteiger partial charge in [0, 0.05) is 26.2 Å². The van der Waals surface area contributed by atoms with E-state index in [0.29, 0.717) is 49.2 Å². The second-order valence-electron chi connectivity index (χ2n) is 9.90. The highest BCUT2D eigenvalue weighted by Gasteiger charge is 2.41. The molecule has 0 bridgehead atoms. The fraction of sp³-hybridized carbons (Fsp3) is 0.467. The molecule has 1 saturated heterocycles. The van der Waals surface area contributed by atoms with Crippen molar-refractivity contribution in [2.75, 3.05) is 53.0 Å². The third-order valence-electron chi connectivity index (χ3n) is 7.60. The Hall–Kier alpha value is -4.52. The van der Waals surface area contributed by atoms with Crippen LogP contribution in [0, 0.1) is 34.5 Å². The zero-order valence-corrected chi connectivity index (χ0v) is 23.5. The van der Waals surface area contributed by atoms with Crippen LogP contribution in [0.3, 0.4) is 0 Å². The number of rotatable bonds is 10. The lowest BCUT2D eigenvalue weighted by Gasteiger charge is -2.43. The van der Waals surface area contributed by atoms with Gasteiger partial charge in [-0.15, -0.1) is 0 Å².